The van der Waals surface area contributed by atoms with Crippen LogP contribution in [-0.4, -0.2) is 5.25 Å². The standard InChI is InChI=1S/C11H10N2S/c1-8(2)14-11-5-3-4-9(6-12)10(11)7-13/h3-5,8H,1-2H3. The van der Waals surface area contributed by atoms with Crippen molar-refractivity contribution in [3.8, 4) is 12.1 Å². The van der Waals surface area contributed by atoms with E-state index in [1.165, 1.54) is 0 Å². The molecule has 70 valence electrons. The van der Waals surface area contributed by atoms with Gasteiger partial charge in [0.15, 0.2) is 0 Å². The number of benzene rings is 1. The van der Waals surface area contributed by atoms with Gasteiger partial charge in [0, 0.05) is 10.1 Å². The maximum atomic E-state index is 8.93. The molecule has 1 aromatic rings. The summed E-state index contributed by atoms with van der Waals surface area (Å²) in [5.41, 5.74) is 0.951. The van der Waals surface area contributed by atoms with Crippen LogP contribution in [0.5, 0.6) is 0 Å². The lowest BCUT2D eigenvalue weighted by Crippen LogP contribution is -1.91. The molecule has 1 rings (SSSR count). The minimum Gasteiger partial charge on any atom is -0.192 e. The highest BCUT2D eigenvalue weighted by Crippen LogP contribution is 2.27. The first-order valence-electron chi connectivity index (χ1n) is 4.29. The van der Waals surface area contributed by atoms with E-state index in [1.807, 2.05) is 18.2 Å². The summed E-state index contributed by atoms with van der Waals surface area (Å²) in [5, 5.41) is 18.1. The van der Waals surface area contributed by atoms with E-state index < -0.39 is 0 Å². The van der Waals surface area contributed by atoms with Crippen molar-refractivity contribution in [1.82, 2.24) is 0 Å². The molecule has 14 heavy (non-hydrogen) atoms. The highest BCUT2D eigenvalue weighted by atomic mass is 32.2. The number of hydrogen-bond acceptors (Lipinski definition) is 3. The molecule has 0 aliphatic carbocycles. The molecule has 0 aromatic heterocycles. The van der Waals surface area contributed by atoms with Gasteiger partial charge >= 0.3 is 0 Å². The maximum absolute atomic E-state index is 8.93. The Bertz CT molecular complexity index is 410. The van der Waals surface area contributed by atoms with Crippen LogP contribution in [0, 0.1) is 22.7 Å². The monoisotopic (exact) mass is 202 g/mol. The van der Waals surface area contributed by atoms with Gasteiger partial charge in [-0.1, -0.05) is 19.9 Å². The first-order chi connectivity index (χ1) is 6.69. The summed E-state index contributed by atoms with van der Waals surface area (Å²) in [6.45, 7) is 4.12. The first-order valence-corrected chi connectivity index (χ1v) is 5.17. The van der Waals surface area contributed by atoms with Crippen LogP contribution in [-0.2, 0) is 0 Å². The number of hydrogen-bond donors (Lipinski definition) is 0. The molecule has 0 amide bonds. The van der Waals surface area contributed by atoms with Crippen LogP contribution in [0.15, 0.2) is 23.1 Å². The van der Waals surface area contributed by atoms with E-state index in [0.717, 1.165) is 4.90 Å². The SMILES string of the molecule is CC(C)Sc1cccc(C#N)c1C#N. The Morgan fingerprint density at radius 2 is 1.93 bits per heavy atom. The fourth-order valence-electron chi connectivity index (χ4n) is 1.09. The molecule has 0 spiro atoms. The highest BCUT2D eigenvalue weighted by Gasteiger charge is 2.08. The van der Waals surface area contributed by atoms with E-state index in [-0.39, 0.29) is 0 Å². The molecule has 0 unspecified atom stereocenters. The van der Waals surface area contributed by atoms with Crippen LogP contribution in [0.4, 0.5) is 0 Å². The van der Waals surface area contributed by atoms with Crippen LogP contribution in [0.25, 0.3) is 0 Å². The zero-order valence-electron chi connectivity index (χ0n) is 8.11. The molecule has 0 heterocycles. The van der Waals surface area contributed by atoms with Gasteiger partial charge < -0.3 is 0 Å². The van der Waals surface area contributed by atoms with Gasteiger partial charge in [0.05, 0.1) is 11.1 Å². The Balaban J connectivity index is 3.19. The molecule has 0 fully saturated rings. The molecule has 3 heteroatoms. The minimum absolute atomic E-state index is 0.413. The summed E-state index contributed by atoms with van der Waals surface area (Å²) in [6.07, 6.45) is 0. The van der Waals surface area contributed by atoms with E-state index in [0.29, 0.717) is 16.4 Å². The van der Waals surface area contributed by atoms with E-state index in [2.05, 4.69) is 19.9 Å². The summed E-state index contributed by atoms with van der Waals surface area (Å²) in [5.74, 6) is 0. The second-order valence-electron chi connectivity index (χ2n) is 3.07. The summed E-state index contributed by atoms with van der Waals surface area (Å²) in [6, 6.07) is 9.46. The van der Waals surface area contributed by atoms with Crippen molar-refractivity contribution in [3.05, 3.63) is 29.3 Å². The summed E-state index contributed by atoms with van der Waals surface area (Å²) in [4.78, 5) is 0.890. The van der Waals surface area contributed by atoms with Gasteiger partial charge in [0.25, 0.3) is 0 Å². The van der Waals surface area contributed by atoms with Gasteiger partial charge in [0.1, 0.15) is 12.1 Å². The quantitative estimate of drug-likeness (QED) is 0.693. The highest BCUT2D eigenvalue weighted by molar-refractivity contribution is 8.00. The molecule has 0 atom stereocenters. The predicted molar refractivity (Wildman–Crippen MR) is 56.9 cm³/mol. The molecule has 0 N–H and O–H groups in total. The molecular weight excluding hydrogens is 192 g/mol. The molecular formula is C11H10N2S. The Morgan fingerprint density at radius 1 is 1.21 bits per heavy atom. The Morgan fingerprint density at radius 3 is 2.43 bits per heavy atom. The second kappa shape index (κ2) is 4.69. The van der Waals surface area contributed by atoms with Gasteiger partial charge in [-0.05, 0) is 12.1 Å². The third kappa shape index (κ3) is 2.28. The Labute approximate surface area is 88.2 Å². The van der Waals surface area contributed by atoms with Crippen molar-refractivity contribution in [2.75, 3.05) is 0 Å². The predicted octanol–water partition coefficient (Wildman–Crippen LogP) is 2.93. The summed E-state index contributed by atoms with van der Waals surface area (Å²) in [7, 11) is 0. The summed E-state index contributed by atoms with van der Waals surface area (Å²) >= 11 is 1.61. The topological polar surface area (TPSA) is 47.6 Å². The van der Waals surface area contributed by atoms with Gasteiger partial charge in [-0.3, -0.25) is 0 Å². The molecule has 0 radical (unpaired) electrons. The van der Waals surface area contributed by atoms with Crippen molar-refractivity contribution in [3.63, 3.8) is 0 Å². The van der Waals surface area contributed by atoms with Gasteiger partial charge in [0.2, 0.25) is 0 Å². The third-order valence-electron chi connectivity index (χ3n) is 1.62. The smallest absolute Gasteiger partial charge is 0.102 e. The summed E-state index contributed by atoms with van der Waals surface area (Å²) < 4.78 is 0. The van der Waals surface area contributed by atoms with Crippen LogP contribution < -0.4 is 0 Å². The zero-order valence-corrected chi connectivity index (χ0v) is 8.93. The Hall–Kier alpha value is -1.45. The molecule has 1 aromatic carbocycles. The Kier molecular flexibility index (Phi) is 3.56. The number of nitriles is 2. The van der Waals surface area contributed by atoms with Gasteiger partial charge in [-0.2, -0.15) is 10.5 Å². The van der Waals surface area contributed by atoms with Gasteiger partial charge in [-0.25, -0.2) is 0 Å². The van der Waals surface area contributed by atoms with Crippen molar-refractivity contribution in [1.29, 1.82) is 10.5 Å². The van der Waals surface area contributed by atoms with E-state index in [4.69, 9.17) is 10.5 Å². The zero-order chi connectivity index (χ0) is 10.6. The van der Waals surface area contributed by atoms with Crippen LogP contribution in [0.3, 0.4) is 0 Å². The van der Waals surface area contributed by atoms with E-state index in [9.17, 15) is 0 Å². The molecule has 0 saturated heterocycles. The molecule has 0 saturated carbocycles. The average Bonchev–Trinajstić information content (AvgIpc) is 2.16. The number of rotatable bonds is 2. The van der Waals surface area contributed by atoms with Gasteiger partial charge in [-0.15, -0.1) is 11.8 Å². The fraction of sp³-hybridized carbons (Fsp3) is 0.273. The van der Waals surface area contributed by atoms with Crippen molar-refractivity contribution in [2.24, 2.45) is 0 Å². The number of nitrogens with zero attached hydrogens (tertiary/aromatic N) is 2. The molecule has 0 aliphatic rings. The number of thioether (sulfide) groups is 1. The van der Waals surface area contributed by atoms with E-state index in [1.54, 1.807) is 17.8 Å². The van der Waals surface area contributed by atoms with Crippen molar-refractivity contribution in [2.45, 2.75) is 24.0 Å². The third-order valence-corrected chi connectivity index (χ3v) is 2.69. The average molecular weight is 202 g/mol. The fourth-order valence-corrected chi connectivity index (χ4v) is 2.03. The first kappa shape index (κ1) is 10.6. The van der Waals surface area contributed by atoms with Crippen molar-refractivity contribution >= 4 is 11.8 Å². The maximum Gasteiger partial charge on any atom is 0.102 e. The van der Waals surface area contributed by atoms with Crippen molar-refractivity contribution < 1.29 is 0 Å². The van der Waals surface area contributed by atoms with Crippen LogP contribution in [0.2, 0.25) is 0 Å². The lowest BCUT2D eigenvalue weighted by Gasteiger charge is -2.06. The van der Waals surface area contributed by atoms with Crippen LogP contribution in [0.1, 0.15) is 25.0 Å². The normalized spacial score (nSPS) is 9.50. The molecule has 2 nitrogen and oxygen atoms in total. The lowest BCUT2D eigenvalue weighted by molar-refractivity contribution is 1.11. The lowest BCUT2D eigenvalue weighted by atomic mass is 10.1. The largest absolute Gasteiger partial charge is 0.192 e. The second-order valence-corrected chi connectivity index (χ2v) is 4.69. The van der Waals surface area contributed by atoms with Crippen LogP contribution >= 0.6 is 11.8 Å². The van der Waals surface area contributed by atoms with E-state index >= 15 is 0 Å². The minimum atomic E-state index is 0.413. The molecule has 0 bridgehead atoms. The molecule has 0 aliphatic heterocycles.